The van der Waals surface area contributed by atoms with Crippen LogP contribution in [-0.4, -0.2) is 15.9 Å². The molecule has 2 aromatic carbocycles. The quantitative estimate of drug-likeness (QED) is 0.0622. The summed E-state index contributed by atoms with van der Waals surface area (Å²) in [6.45, 7) is 23.4. The van der Waals surface area contributed by atoms with Crippen LogP contribution in [0.25, 0.3) is 43.5 Å². The van der Waals surface area contributed by atoms with E-state index >= 15 is 0 Å². The van der Waals surface area contributed by atoms with Crippen LogP contribution in [-0.2, 0) is 36.7 Å². The van der Waals surface area contributed by atoms with Crippen LogP contribution >= 0.6 is 11.3 Å². The zero-order chi connectivity index (χ0) is 37.7. The number of nitrogens with zero attached hydrogens (tertiary/aromatic N) is 2. The van der Waals surface area contributed by atoms with Gasteiger partial charge in [0.25, 0.3) is 0 Å². The van der Waals surface area contributed by atoms with Crippen molar-refractivity contribution < 1.29 is 34.6 Å². The zero-order valence-electron chi connectivity index (χ0n) is 33.2. The number of pyridine rings is 2. The van der Waals surface area contributed by atoms with E-state index in [2.05, 4.69) is 108 Å². The molecule has 0 saturated heterocycles. The number of carbonyl (C=O) groups is 1. The van der Waals surface area contributed by atoms with Crippen molar-refractivity contribution in [2.24, 2.45) is 16.7 Å². The first-order chi connectivity index (χ1) is 24.0. The summed E-state index contributed by atoms with van der Waals surface area (Å²) in [7, 11) is 4.28. The Bertz CT molecular complexity index is 2010. The molecule has 0 spiro atoms. The standard InChI is InChI=1S/C31H31N2S.C15H28O2.Ir/c1-20(2)15-23-18-28(32-30-26(23)12-14-34-30)22-11-13-33(6)29(19-22)24-16-21-9-7-8-10-25(21)27(17-24)31(3,4)5;1-7-14(5,8-2)12(16)11-13(17)15(6,9-3)10-4;/h7-14,17-20H,6,15H2,1-5H3;11,16H,7-10H2,1-6H3;/q-1;;/b;12-11-;. The van der Waals surface area contributed by atoms with Gasteiger partial charge < -0.3 is 9.67 Å². The van der Waals surface area contributed by atoms with Crippen molar-refractivity contribution in [3.63, 3.8) is 0 Å². The van der Waals surface area contributed by atoms with Gasteiger partial charge in [0.15, 0.2) is 5.78 Å². The van der Waals surface area contributed by atoms with Gasteiger partial charge in [-0.3, -0.25) is 4.79 Å². The van der Waals surface area contributed by atoms with E-state index in [1.807, 2.05) is 52.3 Å². The van der Waals surface area contributed by atoms with Crippen molar-refractivity contribution in [2.75, 3.05) is 0 Å². The van der Waals surface area contributed by atoms with Gasteiger partial charge in [0.05, 0.1) is 11.9 Å². The summed E-state index contributed by atoms with van der Waals surface area (Å²) in [4.78, 5) is 18.3. The second kappa shape index (κ2) is 17.7. The average Bonchev–Trinajstić information content (AvgIpc) is 3.59. The summed E-state index contributed by atoms with van der Waals surface area (Å²) in [6, 6.07) is 23.3. The molecule has 0 bridgehead atoms. The number of rotatable bonds is 11. The molecule has 5 rings (SSSR count). The Hall–Kier alpha value is -3.31. The molecule has 52 heavy (non-hydrogen) atoms. The predicted molar refractivity (Wildman–Crippen MR) is 218 cm³/mol. The molecule has 0 saturated carbocycles. The molecule has 0 aliphatic carbocycles. The van der Waals surface area contributed by atoms with E-state index < -0.39 is 0 Å². The largest absolute Gasteiger partial charge is 0.512 e. The number of benzene rings is 2. The number of aromatic nitrogens is 2. The number of fused-ring (bicyclic) bond motifs is 2. The van der Waals surface area contributed by atoms with Crippen molar-refractivity contribution in [3.05, 3.63) is 102 Å². The minimum absolute atomic E-state index is 0. The molecule has 6 heteroatoms. The van der Waals surface area contributed by atoms with Gasteiger partial charge in [-0.15, -0.1) is 40.5 Å². The second-order valence-corrected chi connectivity index (χ2v) is 16.9. The van der Waals surface area contributed by atoms with Crippen LogP contribution < -0.4 is 4.57 Å². The van der Waals surface area contributed by atoms with E-state index in [4.69, 9.17) is 4.98 Å². The van der Waals surface area contributed by atoms with E-state index in [9.17, 15) is 9.90 Å². The summed E-state index contributed by atoms with van der Waals surface area (Å²) < 4.78 is 1.94. The van der Waals surface area contributed by atoms with Crippen LogP contribution in [0.4, 0.5) is 0 Å². The van der Waals surface area contributed by atoms with Gasteiger partial charge in [-0.05, 0) is 84.2 Å². The Balaban J connectivity index is 0.000000347. The van der Waals surface area contributed by atoms with Crippen LogP contribution in [0.5, 0.6) is 0 Å². The summed E-state index contributed by atoms with van der Waals surface area (Å²) in [5.41, 5.74) is 6.32. The van der Waals surface area contributed by atoms with Crippen LogP contribution in [0, 0.1) is 29.9 Å². The number of carbonyl (C=O) groups excluding carboxylic acids is 1. The predicted octanol–water partition coefficient (Wildman–Crippen LogP) is 12.7. The maximum atomic E-state index is 12.2. The molecule has 5 aromatic rings. The van der Waals surface area contributed by atoms with Crippen molar-refractivity contribution in [2.45, 2.75) is 114 Å². The zero-order valence-corrected chi connectivity index (χ0v) is 36.5. The first-order valence-electron chi connectivity index (χ1n) is 18.7. The molecular formula is C46H59IrN2O2S-. The van der Waals surface area contributed by atoms with Crippen molar-refractivity contribution in [1.29, 1.82) is 0 Å². The van der Waals surface area contributed by atoms with Crippen LogP contribution in [0.2, 0.25) is 0 Å². The third-order valence-electron chi connectivity index (χ3n) is 10.9. The van der Waals surface area contributed by atoms with Crippen LogP contribution in [0.1, 0.15) is 113 Å². The van der Waals surface area contributed by atoms with Gasteiger partial charge >= 0.3 is 0 Å². The number of aliphatic hydroxyl groups is 1. The minimum atomic E-state index is -0.337. The normalized spacial score (nSPS) is 12.5. The Morgan fingerprint density at radius 3 is 2.15 bits per heavy atom. The Kier molecular flexibility index (Phi) is 14.6. The fraction of sp³-hybridized carbons (Fsp3) is 0.435. The van der Waals surface area contributed by atoms with E-state index in [1.165, 1.54) is 28.0 Å². The maximum absolute atomic E-state index is 12.2. The Morgan fingerprint density at radius 1 is 0.923 bits per heavy atom. The Morgan fingerprint density at radius 2 is 1.56 bits per heavy atom. The molecule has 0 aliphatic heterocycles. The molecule has 3 aromatic heterocycles. The maximum Gasteiger partial charge on any atom is 0.164 e. The second-order valence-electron chi connectivity index (χ2n) is 16.0. The number of aliphatic hydroxyl groups excluding tert-OH is 1. The molecule has 0 atom stereocenters. The summed E-state index contributed by atoms with van der Waals surface area (Å²) in [5, 5.41) is 15.9. The summed E-state index contributed by atoms with van der Waals surface area (Å²) >= 11 is 1.71. The monoisotopic (exact) mass is 896 g/mol. The van der Waals surface area contributed by atoms with Gasteiger partial charge in [0.2, 0.25) is 0 Å². The molecule has 0 unspecified atom stereocenters. The minimum Gasteiger partial charge on any atom is -0.512 e. The summed E-state index contributed by atoms with van der Waals surface area (Å²) in [5.74, 6) is 0.878. The molecule has 0 amide bonds. The molecule has 0 fully saturated rings. The van der Waals surface area contributed by atoms with Crippen molar-refractivity contribution >= 4 is 38.1 Å². The van der Waals surface area contributed by atoms with Crippen LogP contribution in [0.15, 0.2) is 78.0 Å². The van der Waals surface area contributed by atoms with E-state index in [1.54, 1.807) is 11.3 Å². The smallest absolute Gasteiger partial charge is 0.164 e. The Labute approximate surface area is 331 Å². The molecule has 1 radical (unpaired) electrons. The third-order valence-corrected chi connectivity index (χ3v) is 11.8. The molecule has 4 nitrogen and oxygen atoms in total. The van der Waals surface area contributed by atoms with Gasteiger partial charge in [-0.2, -0.15) is 0 Å². The van der Waals surface area contributed by atoms with Gasteiger partial charge in [0.1, 0.15) is 16.3 Å². The van der Waals surface area contributed by atoms with E-state index in [0.29, 0.717) is 5.92 Å². The number of thiophene rings is 1. The molecular weight excluding hydrogens is 837 g/mol. The number of allylic oxidation sites excluding steroid dienone is 2. The van der Waals surface area contributed by atoms with Gasteiger partial charge in [0, 0.05) is 49.4 Å². The summed E-state index contributed by atoms with van der Waals surface area (Å²) in [6.07, 6.45) is 7.84. The van der Waals surface area contributed by atoms with Crippen molar-refractivity contribution in [1.82, 2.24) is 4.98 Å². The average molecular weight is 896 g/mol. The fourth-order valence-electron chi connectivity index (χ4n) is 6.37. The van der Waals surface area contributed by atoms with Gasteiger partial charge in [-0.25, -0.2) is 4.98 Å². The first-order valence-corrected chi connectivity index (χ1v) is 19.5. The molecule has 0 aliphatic rings. The first kappa shape index (κ1) is 43.1. The van der Waals surface area contributed by atoms with Crippen molar-refractivity contribution in [3.8, 4) is 22.5 Å². The van der Waals surface area contributed by atoms with E-state index in [-0.39, 0.29) is 47.9 Å². The number of hydrogen-bond donors (Lipinski definition) is 1. The molecule has 3 heterocycles. The SMILES string of the molecule is CCC(C)(CC)C(=O)/C=C(\O)C(C)(CC)CC.[CH2-][n+]1ccc(-c2cc(CC(C)C)c3ccsc3n2)cc1-c1[c-]c2ccccc2c(C(C)(C)C)c1.[Ir]. The molecule has 1 N–H and O–H groups in total. The van der Waals surface area contributed by atoms with E-state index in [0.717, 1.165) is 64.8 Å². The third kappa shape index (κ3) is 9.61. The number of hydrogen-bond acceptors (Lipinski definition) is 4. The number of ketones is 1. The fourth-order valence-corrected chi connectivity index (χ4v) is 7.18. The molecule has 281 valence electrons. The van der Waals surface area contributed by atoms with Crippen LogP contribution in [0.3, 0.4) is 0 Å². The topological polar surface area (TPSA) is 54.1 Å². The van der Waals surface area contributed by atoms with Gasteiger partial charge in [-0.1, -0.05) is 105 Å².